The summed E-state index contributed by atoms with van der Waals surface area (Å²) in [5, 5.41) is 1.71. The Hall–Kier alpha value is -3.17. The molecular weight excluding hydrogens is 312 g/mol. The van der Waals surface area contributed by atoms with Crippen LogP contribution in [0.1, 0.15) is 0 Å². The van der Waals surface area contributed by atoms with Gasteiger partial charge in [-0.1, -0.05) is 0 Å². The summed E-state index contributed by atoms with van der Waals surface area (Å²) in [7, 11) is 1.62. The van der Waals surface area contributed by atoms with Gasteiger partial charge in [-0.2, -0.15) is 0 Å². The fourth-order valence-corrected chi connectivity index (χ4v) is 2.66. The van der Waals surface area contributed by atoms with Gasteiger partial charge in [0.15, 0.2) is 11.9 Å². The standard InChI is InChI=1S/C15H16N6O3/c1-22-10-4-2-9(3-5-10)20-13(16)11-6-7-23-15(11)19-14(20)12-8-18-21(17)24-12/h2-8,14,18H,16-17H2,1H3. The average Bonchev–Trinajstić information content (AvgIpc) is 3.24. The molecule has 3 heterocycles. The van der Waals surface area contributed by atoms with Crippen LogP contribution in [0.3, 0.4) is 0 Å². The Morgan fingerprint density at radius 3 is 2.71 bits per heavy atom. The first-order chi connectivity index (χ1) is 11.7. The Kier molecular flexibility index (Phi) is 3.29. The third-order valence-electron chi connectivity index (χ3n) is 3.81. The molecule has 124 valence electrons. The highest BCUT2D eigenvalue weighted by molar-refractivity contribution is 5.69. The highest BCUT2D eigenvalue weighted by atomic mass is 16.7. The van der Waals surface area contributed by atoms with E-state index in [1.165, 1.54) is 0 Å². The van der Waals surface area contributed by atoms with Crippen molar-refractivity contribution >= 4 is 11.5 Å². The van der Waals surface area contributed by atoms with Crippen LogP contribution in [-0.2, 0) is 4.84 Å². The summed E-state index contributed by atoms with van der Waals surface area (Å²) in [5.74, 6) is 7.31. The van der Waals surface area contributed by atoms with Crippen molar-refractivity contribution in [2.24, 2.45) is 16.6 Å². The van der Waals surface area contributed by atoms with Gasteiger partial charge in [-0.25, -0.2) is 10.8 Å². The summed E-state index contributed by atoms with van der Waals surface area (Å²) in [6, 6.07) is 9.26. The molecule has 0 saturated heterocycles. The van der Waals surface area contributed by atoms with Crippen LogP contribution in [0, 0.1) is 0 Å². The van der Waals surface area contributed by atoms with Gasteiger partial charge in [0.25, 0.3) is 0 Å². The molecule has 1 aromatic carbocycles. The lowest BCUT2D eigenvalue weighted by atomic mass is 10.2. The molecule has 0 spiro atoms. The predicted molar refractivity (Wildman–Crippen MR) is 84.7 cm³/mol. The monoisotopic (exact) mass is 328 g/mol. The van der Waals surface area contributed by atoms with Crippen molar-refractivity contribution in [3.63, 3.8) is 0 Å². The third kappa shape index (κ3) is 2.23. The van der Waals surface area contributed by atoms with Crippen molar-refractivity contribution in [3.05, 3.63) is 59.3 Å². The molecule has 0 aliphatic carbocycles. The van der Waals surface area contributed by atoms with E-state index in [1.807, 2.05) is 29.2 Å². The molecule has 2 aliphatic rings. The number of nitrogens with zero attached hydrogens (tertiary/aromatic N) is 3. The number of anilines is 1. The molecule has 0 fully saturated rings. The quantitative estimate of drug-likeness (QED) is 0.630. The zero-order valence-electron chi connectivity index (χ0n) is 12.8. The topological polar surface area (TPSA) is 115 Å². The van der Waals surface area contributed by atoms with E-state index in [2.05, 4.69) is 10.4 Å². The minimum absolute atomic E-state index is 0.447. The first-order valence-electron chi connectivity index (χ1n) is 7.21. The van der Waals surface area contributed by atoms with E-state index in [4.69, 9.17) is 25.6 Å². The second kappa shape index (κ2) is 5.48. The van der Waals surface area contributed by atoms with E-state index >= 15 is 0 Å². The number of rotatable bonds is 3. The molecule has 9 nitrogen and oxygen atoms in total. The van der Waals surface area contributed by atoms with Gasteiger partial charge in [0.1, 0.15) is 11.6 Å². The highest BCUT2D eigenvalue weighted by Gasteiger charge is 2.33. The van der Waals surface area contributed by atoms with Crippen molar-refractivity contribution < 1.29 is 14.0 Å². The van der Waals surface area contributed by atoms with E-state index in [-0.39, 0.29) is 0 Å². The first kappa shape index (κ1) is 14.4. The lowest BCUT2D eigenvalue weighted by Crippen LogP contribution is -2.49. The number of ether oxygens (including phenoxy) is 1. The Labute approximate surface area is 136 Å². The fourth-order valence-electron chi connectivity index (χ4n) is 2.66. The van der Waals surface area contributed by atoms with Gasteiger partial charge in [0.2, 0.25) is 5.55 Å². The van der Waals surface area contributed by atoms with Crippen molar-refractivity contribution in [2.45, 2.75) is 6.17 Å². The maximum absolute atomic E-state index is 6.37. The number of hydrazine groups is 2. The molecular formula is C15H16N6O3. The van der Waals surface area contributed by atoms with Gasteiger partial charge in [-0.15, -0.1) is 0 Å². The molecule has 4 rings (SSSR count). The maximum Gasteiger partial charge on any atom is 0.227 e. The molecule has 1 aromatic heterocycles. The van der Waals surface area contributed by atoms with Crippen molar-refractivity contribution in [1.82, 2.24) is 10.7 Å². The average molecular weight is 328 g/mol. The molecule has 2 aliphatic heterocycles. The van der Waals surface area contributed by atoms with Crippen LogP contribution in [0.4, 0.5) is 5.69 Å². The largest absolute Gasteiger partial charge is 0.497 e. The molecule has 0 radical (unpaired) electrons. The number of fused-ring (bicyclic) bond motifs is 1. The van der Waals surface area contributed by atoms with Crippen LogP contribution in [-0.4, -0.2) is 18.6 Å². The molecule has 0 amide bonds. The Morgan fingerprint density at radius 2 is 2.04 bits per heavy atom. The zero-order valence-corrected chi connectivity index (χ0v) is 12.8. The van der Waals surface area contributed by atoms with E-state index in [9.17, 15) is 0 Å². The summed E-state index contributed by atoms with van der Waals surface area (Å²) >= 11 is 0. The minimum atomic E-state index is -0.557. The number of methoxy groups -OCH3 is 1. The first-order valence-corrected chi connectivity index (χ1v) is 7.21. The van der Waals surface area contributed by atoms with Crippen LogP contribution < -0.4 is 37.4 Å². The summed E-state index contributed by atoms with van der Waals surface area (Å²) < 4.78 is 10.6. The molecule has 5 N–H and O–H groups in total. The summed E-state index contributed by atoms with van der Waals surface area (Å²) in [6.45, 7) is 0. The molecule has 1 atom stereocenters. The summed E-state index contributed by atoms with van der Waals surface area (Å²) in [5.41, 5.74) is 10.4. The summed E-state index contributed by atoms with van der Waals surface area (Å²) in [4.78, 5) is 11.8. The van der Waals surface area contributed by atoms with Gasteiger partial charge < -0.3 is 19.7 Å². The van der Waals surface area contributed by atoms with Gasteiger partial charge in [-0.3, -0.25) is 10.3 Å². The van der Waals surface area contributed by atoms with Crippen LogP contribution in [0.15, 0.2) is 58.0 Å². The number of nitrogens with two attached hydrogens (primary N) is 2. The number of hydrogen-bond acceptors (Lipinski definition) is 9. The Balaban J connectivity index is 1.83. The van der Waals surface area contributed by atoms with Gasteiger partial charge in [0, 0.05) is 11.0 Å². The molecule has 0 bridgehead atoms. The van der Waals surface area contributed by atoms with Crippen molar-refractivity contribution in [1.29, 1.82) is 0 Å². The molecule has 1 unspecified atom stereocenters. The van der Waals surface area contributed by atoms with Gasteiger partial charge >= 0.3 is 0 Å². The lowest BCUT2D eigenvalue weighted by molar-refractivity contribution is -0.132. The number of furan rings is 1. The maximum atomic E-state index is 6.37. The number of nitrogens with one attached hydrogen (secondary N) is 1. The second-order valence-electron chi connectivity index (χ2n) is 5.19. The van der Waals surface area contributed by atoms with Crippen molar-refractivity contribution in [2.75, 3.05) is 12.0 Å². The molecule has 9 heteroatoms. The number of hydrogen-bond donors (Lipinski definition) is 3. The van der Waals surface area contributed by atoms with E-state index in [0.717, 1.165) is 21.9 Å². The normalized spacial score (nSPS) is 19.9. The van der Waals surface area contributed by atoms with Crippen LogP contribution in [0.25, 0.3) is 5.82 Å². The SMILES string of the molecule is COc1ccc(N2C(N)=c3ccoc3=NC2C2=CNN(N)O2)cc1. The predicted octanol–water partition coefficient (Wildman–Crippen LogP) is -0.755. The van der Waals surface area contributed by atoms with E-state index in [0.29, 0.717) is 17.1 Å². The Morgan fingerprint density at radius 1 is 1.25 bits per heavy atom. The van der Waals surface area contributed by atoms with Crippen LogP contribution >= 0.6 is 0 Å². The zero-order chi connectivity index (χ0) is 16.7. The minimum Gasteiger partial charge on any atom is -0.497 e. The van der Waals surface area contributed by atoms with Crippen molar-refractivity contribution in [3.8, 4) is 5.75 Å². The van der Waals surface area contributed by atoms with Crippen LogP contribution in [0.5, 0.6) is 5.75 Å². The van der Waals surface area contributed by atoms with E-state index in [1.54, 1.807) is 25.6 Å². The number of benzene rings is 1. The molecule has 0 saturated carbocycles. The smallest absolute Gasteiger partial charge is 0.227 e. The fraction of sp³-hybridized carbons (Fsp3) is 0.133. The highest BCUT2D eigenvalue weighted by Crippen LogP contribution is 2.28. The van der Waals surface area contributed by atoms with Gasteiger partial charge in [0.05, 0.1) is 24.8 Å². The lowest BCUT2D eigenvalue weighted by Gasteiger charge is -2.32. The van der Waals surface area contributed by atoms with Gasteiger partial charge in [-0.05, 0) is 30.3 Å². The summed E-state index contributed by atoms with van der Waals surface area (Å²) in [6.07, 6.45) is 2.61. The third-order valence-corrected chi connectivity index (χ3v) is 3.81. The van der Waals surface area contributed by atoms with Crippen LogP contribution in [0.2, 0.25) is 0 Å². The molecule has 2 aromatic rings. The Bertz CT molecular complexity index is 904. The van der Waals surface area contributed by atoms with E-state index < -0.39 is 6.17 Å². The molecule has 24 heavy (non-hydrogen) atoms. The second-order valence-corrected chi connectivity index (χ2v) is 5.19.